The second kappa shape index (κ2) is 7.32. The molecule has 1 aromatic carbocycles. The summed E-state index contributed by atoms with van der Waals surface area (Å²) in [6.07, 6.45) is 1.09. The van der Waals surface area contributed by atoms with E-state index in [0.29, 0.717) is 30.2 Å². The summed E-state index contributed by atoms with van der Waals surface area (Å²) < 4.78 is 0. The summed E-state index contributed by atoms with van der Waals surface area (Å²) in [5.74, 6) is -0.148. The van der Waals surface area contributed by atoms with Gasteiger partial charge in [-0.2, -0.15) is 0 Å². The molecule has 24 heavy (non-hydrogen) atoms. The summed E-state index contributed by atoms with van der Waals surface area (Å²) >= 11 is 7.41. The highest BCUT2D eigenvalue weighted by Crippen LogP contribution is 2.16. The molecule has 1 aliphatic heterocycles. The normalized spacial score (nSPS) is 17.3. The quantitative estimate of drug-likeness (QED) is 0.888. The number of hydrogen-bond donors (Lipinski definition) is 1. The molecule has 1 saturated heterocycles. The maximum Gasteiger partial charge on any atom is 0.271 e. The Morgan fingerprint density at radius 2 is 2.33 bits per heavy atom. The van der Waals surface area contributed by atoms with E-state index in [0.717, 1.165) is 17.0 Å². The molecule has 5 nitrogen and oxygen atoms in total. The molecular weight excluding hydrogens is 346 g/mol. The van der Waals surface area contributed by atoms with Crippen LogP contribution in [0.3, 0.4) is 0 Å². The lowest BCUT2D eigenvalue weighted by Gasteiger charge is -2.17. The first kappa shape index (κ1) is 16.9. The molecule has 1 fully saturated rings. The molecule has 0 saturated carbocycles. The Balaban J connectivity index is 1.53. The van der Waals surface area contributed by atoms with Gasteiger partial charge in [-0.05, 0) is 31.0 Å². The fraction of sp³-hybridized carbons (Fsp3) is 0.353. The fourth-order valence-electron chi connectivity index (χ4n) is 2.77. The third-order valence-corrected chi connectivity index (χ3v) is 4.97. The van der Waals surface area contributed by atoms with Crippen molar-refractivity contribution in [1.82, 2.24) is 15.2 Å². The predicted octanol–water partition coefficient (Wildman–Crippen LogP) is 2.68. The van der Waals surface area contributed by atoms with Crippen molar-refractivity contribution in [1.29, 1.82) is 0 Å². The number of aromatic nitrogens is 1. The lowest BCUT2D eigenvalue weighted by Crippen LogP contribution is -2.37. The molecule has 1 aliphatic rings. The number of hydrogen-bond acceptors (Lipinski definition) is 4. The van der Waals surface area contributed by atoms with Gasteiger partial charge in [0.1, 0.15) is 5.69 Å². The van der Waals surface area contributed by atoms with Crippen LogP contribution in [0.1, 0.15) is 27.5 Å². The van der Waals surface area contributed by atoms with Gasteiger partial charge in [0.05, 0.1) is 11.0 Å². The number of likely N-dealkylation sites (tertiary alicyclic amines) is 1. The van der Waals surface area contributed by atoms with Crippen LogP contribution in [0.2, 0.25) is 5.02 Å². The molecule has 2 aromatic rings. The lowest BCUT2D eigenvalue weighted by atomic mass is 10.1. The van der Waals surface area contributed by atoms with Crippen LogP contribution in [0.5, 0.6) is 0 Å². The highest BCUT2D eigenvalue weighted by atomic mass is 35.5. The molecule has 0 spiro atoms. The van der Waals surface area contributed by atoms with Gasteiger partial charge in [0, 0.05) is 29.9 Å². The third kappa shape index (κ3) is 4.13. The van der Waals surface area contributed by atoms with Gasteiger partial charge < -0.3 is 10.2 Å². The van der Waals surface area contributed by atoms with Crippen molar-refractivity contribution in [2.75, 3.05) is 13.1 Å². The molecule has 7 heteroatoms. The SMILES string of the molecule is Cc1nc(C(=O)N[C@H]2CC(=O)N(CCc3cccc(Cl)c3)C2)cs1. The van der Waals surface area contributed by atoms with Crippen LogP contribution in [0.4, 0.5) is 0 Å². The third-order valence-electron chi connectivity index (χ3n) is 3.96. The molecule has 1 N–H and O–H groups in total. The number of thiazole rings is 1. The number of carbonyl (C=O) groups excluding carboxylic acids is 2. The summed E-state index contributed by atoms with van der Waals surface area (Å²) in [5, 5.41) is 6.18. The van der Waals surface area contributed by atoms with Crippen molar-refractivity contribution in [3.8, 4) is 0 Å². The number of nitrogens with zero attached hydrogens (tertiary/aromatic N) is 2. The van der Waals surface area contributed by atoms with E-state index in [2.05, 4.69) is 10.3 Å². The Morgan fingerprint density at radius 3 is 3.04 bits per heavy atom. The highest BCUT2D eigenvalue weighted by Gasteiger charge is 2.30. The molecular formula is C17H18ClN3O2S. The van der Waals surface area contributed by atoms with E-state index in [9.17, 15) is 9.59 Å². The van der Waals surface area contributed by atoms with Crippen LogP contribution in [0.25, 0.3) is 0 Å². The predicted molar refractivity (Wildman–Crippen MR) is 94.5 cm³/mol. The van der Waals surface area contributed by atoms with E-state index in [4.69, 9.17) is 11.6 Å². The van der Waals surface area contributed by atoms with Gasteiger partial charge in [0.25, 0.3) is 5.91 Å². The van der Waals surface area contributed by atoms with E-state index in [1.807, 2.05) is 31.2 Å². The molecule has 2 heterocycles. The second-order valence-corrected chi connectivity index (χ2v) is 7.34. The minimum absolute atomic E-state index is 0.0665. The van der Waals surface area contributed by atoms with Crippen molar-refractivity contribution in [2.45, 2.75) is 25.8 Å². The molecule has 0 radical (unpaired) electrons. The van der Waals surface area contributed by atoms with Crippen molar-refractivity contribution in [3.05, 3.63) is 50.9 Å². The number of carbonyl (C=O) groups is 2. The lowest BCUT2D eigenvalue weighted by molar-refractivity contribution is -0.127. The van der Waals surface area contributed by atoms with Crippen LogP contribution in [0, 0.1) is 6.92 Å². The van der Waals surface area contributed by atoms with Crippen molar-refractivity contribution in [2.24, 2.45) is 0 Å². The van der Waals surface area contributed by atoms with Gasteiger partial charge >= 0.3 is 0 Å². The average Bonchev–Trinajstić information content (AvgIpc) is 3.11. The molecule has 0 unspecified atom stereocenters. The maximum absolute atomic E-state index is 12.1. The van der Waals surface area contributed by atoms with E-state index < -0.39 is 0 Å². The molecule has 1 aromatic heterocycles. The van der Waals surface area contributed by atoms with Crippen LogP contribution >= 0.6 is 22.9 Å². The minimum atomic E-state index is -0.214. The van der Waals surface area contributed by atoms with E-state index in [1.165, 1.54) is 11.3 Å². The van der Waals surface area contributed by atoms with Crippen molar-refractivity contribution in [3.63, 3.8) is 0 Å². The summed E-state index contributed by atoms with van der Waals surface area (Å²) in [6, 6.07) is 7.48. The summed E-state index contributed by atoms with van der Waals surface area (Å²) in [6.45, 7) is 3.02. The van der Waals surface area contributed by atoms with Gasteiger partial charge in [-0.3, -0.25) is 9.59 Å². The van der Waals surface area contributed by atoms with Gasteiger partial charge in [-0.15, -0.1) is 11.3 Å². The summed E-state index contributed by atoms with van der Waals surface area (Å²) in [4.78, 5) is 30.2. The second-order valence-electron chi connectivity index (χ2n) is 5.85. The smallest absolute Gasteiger partial charge is 0.271 e. The van der Waals surface area contributed by atoms with E-state index in [-0.39, 0.29) is 17.9 Å². The Hall–Kier alpha value is -1.92. The van der Waals surface area contributed by atoms with Gasteiger partial charge in [-0.1, -0.05) is 23.7 Å². The number of aryl methyl sites for hydroxylation is 1. The average molecular weight is 364 g/mol. The van der Waals surface area contributed by atoms with Crippen LogP contribution in [-0.4, -0.2) is 40.8 Å². The standard InChI is InChI=1S/C17H18ClN3O2S/c1-11-19-15(10-24-11)17(23)20-14-8-16(22)21(9-14)6-5-12-3-2-4-13(18)7-12/h2-4,7,10,14H,5-6,8-9H2,1H3,(H,20,23)/t14-/m0/s1. The molecule has 1 atom stereocenters. The first-order chi connectivity index (χ1) is 11.5. The number of amides is 2. The fourth-order valence-corrected chi connectivity index (χ4v) is 3.57. The summed E-state index contributed by atoms with van der Waals surface area (Å²) in [7, 11) is 0. The Morgan fingerprint density at radius 1 is 1.50 bits per heavy atom. The molecule has 0 bridgehead atoms. The van der Waals surface area contributed by atoms with E-state index in [1.54, 1.807) is 10.3 Å². The van der Waals surface area contributed by atoms with Crippen LogP contribution in [0.15, 0.2) is 29.6 Å². The number of rotatable bonds is 5. The first-order valence-electron chi connectivity index (χ1n) is 7.76. The molecule has 126 valence electrons. The number of benzene rings is 1. The van der Waals surface area contributed by atoms with Crippen molar-refractivity contribution >= 4 is 34.8 Å². The zero-order valence-electron chi connectivity index (χ0n) is 13.3. The maximum atomic E-state index is 12.1. The highest BCUT2D eigenvalue weighted by molar-refractivity contribution is 7.09. The molecule has 0 aliphatic carbocycles. The number of halogens is 1. The molecule has 2 amide bonds. The Labute approximate surface area is 149 Å². The van der Waals surface area contributed by atoms with Gasteiger partial charge in [-0.25, -0.2) is 4.98 Å². The Bertz CT molecular complexity index is 762. The minimum Gasteiger partial charge on any atom is -0.346 e. The van der Waals surface area contributed by atoms with Gasteiger partial charge in [0.2, 0.25) is 5.91 Å². The van der Waals surface area contributed by atoms with Crippen LogP contribution in [-0.2, 0) is 11.2 Å². The van der Waals surface area contributed by atoms with Gasteiger partial charge in [0.15, 0.2) is 0 Å². The zero-order chi connectivity index (χ0) is 17.1. The monoisotopic (exact) mass is 363 g/mol. The molecule has 3 rings (SSSR count). The summed E-state index contributed by atoms with van der Waals surface area (Å²) in [5.41, 5.74) is 1.52. The largest absolute Gasteiger partial charge is 0.346 e. The first-order valence-corrected chi connectivity index (χ1v) is 9.02. The Kier molecular flexibility index (Phi) is 5.16. The topological polar surface area (TPSA) is 62.3 Å². The zero-order valence-corrected chi connectivity index (χ0v) is 14.9. The number of nitrogens with one attached hydrogen (secondary N) is 1. The van der Waals surface area contributed by atoms with Crippen molar-refractivity contribution < 1.29 is 9.59 Å². The van der Waals surface area contributed by atoms with E-state index >= 15 is 0 Å². The van der Waals surface area contributed by atoms with Crippen LogP contribution < -0.4 is 5.32 Å².